The lowest BCUT2D eigenvalue weighted by Gasteiger charge is -2.06. The number of aromatic nitrogens is 3. The number of hydrogen-bond acceptors (Lipinski definition) is 4. The van der Waals surface area contributed by atoms with Gasteiger partial charge in [-0.05, 0) is 43.3 Å². The van der Waals surface area contributed by atoms with Crippen molar-refractivity contribution in [2.75, 3.05) is 5.32 Å². The zero-order chi connectivity index (χ0) is 22.1. The summed E-state index contributed by atoms with van der Waals surface area (Å²) in [4.78, 5) is 16.7. The lowest BCUT2D eigenvalue weighted by Crippen LogP contribution is -2.12. The zero-order valence-electron chi connectivity index (χ0n) is 17.5. The molecule has 0 aliphatic heterocycles. The maximum absolute atomic E-state index is 13.9. The van der Waals surface area contributed by atoms with Crippen molar-refractivity contribution in [2.45, 2.75) is 26.3 Å². The van der Waals surface area contributed by atoms with Gasteiger partial charge in [-0.2, -0.15) is 4.98 Å². The van der Waals surface area contributed by atoms with Crippen LogP contribution in [-0.2, 0) is 17.8 Å². The molecule has 2 heterocycles. The van der Waals surface area contributed by atoms with Crippen LogP contribution >= 0.6 is 0 Å². The highest BCUT2D eigenvalue weighted by atomic mass is 19.1. The molecule has 0 aliphatic rings. The van der Waals surface area contributed by atoms with E-state index in [0.717, 1.165) is 28.5 Å². The number of aryl methyl sites for hydroxylation is 2. The third kappa shape index (κ3) is 3.62. The fraction of sp³-hybridized carbons (Fsp3) is 0.160. The predicted octanol–water partition coefficient (Wildman–Crippen LogP) is 5.57. The minimum atomic E-state index is -0.419. The third-order valence-electron chi connectivity index (χ3n) is 5.52. The molecule has 0 unspecified atom stereocenters. The molecular weight excluding hydrogens is 407 g/mol. The first kappa shape index (κ1) is 19.9. The minimum absolute atomic E-state index is 0.158. The van der Waals surface area contributed by atoms with E-state index in [4.69, 9.17) is 4.52 Å². The van der Waals surface area contributed by atoms with Crippen LogP contribution < -0.4 is 5.32 Å². The lowest BCUT2D eigenvalue weighted by molar-refractivity contribution is -0.116. The van der Waals surface area contributed by atoms with E-state index in [1.54, 1.807) is 18.2 Å². The maximum atomic E-state index is 13.9. The summed E-state index contributed by atoms with van der Waals surface area (Å²) in [6.07, 6.45) is 0.443. The molecule has 160 valence electrons. The predicted molar refractivity (Wildman–Crippen MR) is 122 cm³/mol. The number of fused-ring (bicyclic) bond motifs is 3. The average molecular weight is 428 g/mol. The number of anilines is 1. The smallest absolute Gasteiger partial charge is 0.227 e. The van der Waals surface area contributed by atoms with Gasteiger partial charge in [0.2, 0.25) is 17.6 Å². The van der Waals surface area contributed by atoms with E-state index in [9.17, 15) is 9.18 Å². The number of halogens is 1. The average Bonchev–Trinajstić information content (AvgIpc) is 3.40. The molecule has 3 aromatic carbocycles. The van der Waals surface area contributed by atoms with Crippen molar-refractivity contribution < 1.29 is 13.7 Å². The summed E-state index contributed by atoms with van der Waals surface area (Å²) in [5.74, 6) is -0.109. The molecule has 1 N–H and O–H groups in total. The Labute approximate surface area is 183 Å². The zero-order valence-corrected chi connectivity index (χ0v) is 17.5. The molecule has 5 aromatic rings. The van der Waals surface area contributed by atoms with Crippen molar-refractivity contribution in [1.29, 1.82) is 0 Å². The van der Waals surface area contributed by atoms with E-state index < -0.39 is 5.82 Å². The van der Waals surface area contributed by atoms with E-state index in [1.807, 2.05) is 30.3 Å². The van der Waals surface area contributed by atoms with Crippen LogP contribution in [0.2, 0.25) is 0 Å². The first-order chi connectivity index (χ1) is 15.6. The second kappa shape index (κ2) is 8.26. The quantitative estimate of drug-likeness (QED) is 0.383. The number of para-hydroxylation sites is 1. The second-order valence-corrected chi connectivity index (χ2v) is 7.53. The van der Waals surface area contributed by atoms with Gasteiger partial charge in [-0.3, -0.25) is 4.79 Å². The highest BCUT2D eigenvalue weighted by molar-refractivity contribution is 6.09. The first-order valence-corrected chi connectivity index (χ1v) is 10.5. The number of rotatable bonds is 6. The van der Waals surface area contributed by atoms with Gasteiger partial charge < -0.3 is 14.4 Å². The number of carbonyl (C=O) groups is 1. The van der Waals surface area contributed by atoms with Crippen molar-refractivity contribution in [3.63, 3.8) is 0 Å². The van der Waals surface area contributed by atoms with E-state index in [-0.39, 0.29) is 30.1 Å². The van der Waals surface area contributed by atoms with Crippen LogP contribution in [0.4, 0.5) is 10.1 Å². The van der Waals surface area contributed by atoms with Crippen molar-refractivity contribution in [2.24, 2.45) is 0 Å². The van der Waals surface area contributed by atoms with Gasteiger partial charge in [-0.15, -0.1) is 0 Å². The Morgan fingerprint density at radius 1 is 1.03 bits per heavy atom. The van der Waals surface area contributed by atoms with Gasteiger partial charge in [0.05, 0.1) is 5.56 Å². The molecular formula is C25H21FN4O2. The molecule has 0 bridgehead atoms. The summed E-state index contributed by atoms with van der Waals surface area (Å²) in [7, 11) is 0. The summed E-state index contributed by atoms with van der Waals surface area (Å²) < 4.78 is 21.3. The Hall–Kier alpha value is -4.00. The topological polar surface area (TPSA) is 73.0 Å². The van der Waals surface area contributed by atoms with Crippen molar-refractivity contribution in [3.8, 4) is 11.4 Å². The fourth-order valence-electron chi connectivity index (χ4n) is 4.02. The molecule has 0 saturated carbocycles. The van der Waals surface area contributed by atoms with Crippen LogP contribution in [0.25, 0.3) is 33.2 Å². The summed E-state index contributed by atoms with van der Waals surface area (Å²) in [6.45, 7) is 2.99. The number of hydrogen-bond donors (Lipinski definition) is 1. The standard InChI is InChI=1S/C25H21FN4O2/c1-2-30-21-10-6-4-7-17(21)19-15-16(11-12-22(19)30)27-23(31)13-14-24-28-25(29-32-24)18-8-3-5-9-20(18)26/h3-12,15H,2,13-14H2,1H3,(H,27,31). The molecule has 0 spiro atoms. The van der Waals surface area contributed by atoms with Crippen LogP contribution in [0.1, 0.15) is 19.2 Å². The molecule has 0 atom stereocenters. The van der Waals surface area contributed by atoms with E-state index in [1.165, 1.54) is 11.6 Å². The van der Waals surface area contributed by atoms with Gasteiger partial charge >= 0.3 is 0 Å². The van der Waals surface area contributed by atoms with Crippen LogP contribution in [0.15, 0.2) is 71.3 Å². The van der Waals surface area contributed by atoms with Crippen LogP contribution in [0.5, 0.6) is 0 Å². The van der Waals surface area contributed by atoms with Gasteiger partial charge in [-0.25, -0.2) is 4.39 Å². The van der Waals surface area contributed by atoms with Gasteiger partial charge in [-0.1, -0.05) is 35.5 Å². The van der Waals surface area contributed by atoms with E-state index in [0.29, 0.717) is 5.89 Å². The number of carbonyl (C=O) groups excluding carboxylic acids is 1. The molecule has 6 nitrogen and oxygen atoms in total. The number of benzene rings is 3. The Kier molecular flexibility index (Phi) is 5.15. The highest BCUT2D eigenvalue weighted by Crippen LogP contribution is 2.31. The first-order valence-electron chi connectivity index (χ1n) is 10.5. The molecule has 0 fully saturated rings. The largest absolute Gasteiger partial charge is 0.341 e. The van der Waals surface area contributed by atoms with E-state index >= 15 is 0 Å². The normalized spacial score (nSPS) is 11.3. The molecule has 0 saturated heterocycles. The Bertz CT molecular complexity index is 1440. The maximum Gasteiger partial charge on any atom is 0.227 e. The van der Waals surface area contributed by atoms with Gasteiger partial charge in [0.15, 0.2) is 0 Å². The summed E-state index contributed by atoms with van der Waals surface area (Å²) in [5.41, 5.74) is 3.32. The molecule has 0 aliphatic carbocycles. The Morgan fingerprint density at radius 2 is 1.81 bits per heavy atom. The fourth-order valence-corrected chi connectivity index (χ4v) is 4.02. The summed E-state index contributed by atoms with van der Waals surface area (Å²) in [5, 5.41) is 9.03. The summed E-state index contributed by atoms with van der Waals surface area (Å²) >= 11 is 0. The monoisotopic (exact) mass is 428 g/mol. The molecule has 32 heavy (non-hydrogen) atoms. The molecule has 2 aromatic heterocycles. The third-order valence-corrected chi connectivity index (χ3v) is 5.52. The summed E-state index contributed by atoms with van der Waals surface area (Å²) in [6, 6.07) is 20.4. The Morgan fingerprint density at radius 3 is 2.66 bits per heavy atom. The van der Waals surface area contributed by atoms with Crippen LogP contribution in [-0.4, -0.2) is 20.6 Å². The van der Waals surface area contributed by atoms with Crippen molar-refractivity contribution >= 4 is 33.4 Å². The SMILES string of the molecule is CCn1c2ccccc2c2cc(NC(=O)CCc3nc(-c4ccccc4F)no3)ccc21. The van der Waals surface area contributed by atoms with Gasteiger partial charge in [0, 0.05) is 46.9 Å². The number of nitrogens with zero attached hydrogens (tertiary/aromatic N) is 3. The van der Waals surface area contributed by atoms with Gasteiger partial charge in [0.25, 0.3) is 0 Å². The van der Waals surface area contributed by atoms with E-state index in [2.05, 4.69) is 39.1 Å². The second-order valence-electron chi connectivity index (χ2n) is 7.53. The molecule has 0 radical (unpaired) electrons. The lowest BCUT2D eigenvalue weighted by atomic mass is 10.1. The minimum Gasteiger partial charge on any atom is -0.341 e. The van der Waals surface area contributed by atoms with Gasteiger partial charge in [0.1, 0.15) is 5.82 Å². The molecule has 5 rings (SSSR count). The van der Waals surface area contributed by atoms with Crippen LogP contribution in [0.3, 0.4) is 0 Å². The molecule has 1 amide bonds. The number of nitrogens with one attached hydrogen (secondary N) is 1. The Balaban J connectivity index is 1.30. The number of amides is 1. The van der Waals surface area contributed by atoms with Crippen molar-refractivity contribution in [3.05, 3.63) is 78.4 Å². The molecule has 7 heteroatoms. The van der Waals surface area contributed by atoms with Crippen LogP contribution in [0, 0.1) is 5.82 Å². The van der Waals surface area contributed by atoms with Crippen molar-refractivity contribution in [1.82, 2.24) is 14.7 Å². The highest BCUT2D eigenvalue weighted by Gasteiger charge is 2.14.